The van der Waals surface area contributed by atoms with Gasteiger partial charge in [-0.1, -0.05) is 18.2 Å². The Kier molecular flexibility index (Phi) is 2.73. The fraction of sp³-hybridized carbons (Fsp3) is 0.0667. The maximum Gasteiger partial charge on any atom is 0.208 e. The van der Waals surface area contributed by atoms with E-state index in [0.717, 1.165) is 0 Å². The van der Waals surface area contributed by atoms with E-state index in [1.807, 2.05) is 0 Å². The molecular formula is C15H10N4O3S. The number of carbonyl (C=O) groups is 1. The van der Waals surface area contributed by atoms with E-state index in [4.69, 9.17) is 0 Å². The van der Waals surface area contributed by atoms with Gasteiger partial charge in [0.2, 0.25) is 9.84 Å². The van der Waals surface area contributed by atoms with Gasteiger partial charge >= 0.3 is 0 Å². The maximum atomic E-state index is 12.8. The van der Waals surface area contributed by atoms with Crippen LogP contribution in [-0.2, 0) is 16.9 Å². The molecule has 0 unspecified atom stereocenters. The summed E-state index contributed by atoms with van der Waals surface area (Å²) >= 11 is 0. The van der Waals surface area contributed by atoms with Gasteiger partial charge in [0, 0.05) is 23.7 Å². The summed E-state index contributed by atoms with van der Waals surface area (Å²) in [6, 6.07) is 10.8. The van der Waals surface area contributed by atoms with Gasteiger partial charge in [-0.05, 0) is 34.7 Å². The number of aromatic nitrogens is 4. The summed E-state index contributed by atoms with van der Waals surface area (Å²) in [6.07, 6.45) is 0. The molecule has 2 aromatic carbocycles. The molecule has 0 atom stereocenters. The number of fused-ring (bicyclic) bond motifs is 2. The topological polar surface area (TPSA) is 94.8 Å². The summed E-state index contributed by atoms with van der Waals surface area (Å²) in [4.78, 5) is 12.6. The summed E-state index contributed by atoms with van der Waals surface area (Å²) in [5.41, 5.74) is 0.905. The Balaban J connectivity index is 2.01. The molecule has 0 amide bonds. The standard InChI is InChI=1S/C15H10N4O3S/c1-19-15(16-17-18-19)9-6-7-11-13(8-9)23(21,22)12-5-3-2-4-10(12)14(11)20/h2-8H,1H3. The summed E-state index contributed by atoms with van der Waals surface area (Å²) < 4.78 is 27.1. The number of carbonyl (C=O) groups excluding carboxylic acids is 1. The molecule has 0 spiro atoms. The van der Waals surface area contributed by atoms with Crippen molar-refractivity contribution in [3.63, 3.8) is 0 Å². The van der Waals surface area contributed by atoms with E-state index in [-0.39, 0.29) is 26.7 Å². The molecule has 2 heterocycles. The van der Waals surface area contributed by atoms with Crippen molar-refractivity contribution in [3.8, 4) is 11.4 Å². The van der Waals surface area contributed by atoms with Crippen LogP contribution in [0.5, 0.6) is 0 Å². The predicted molar refractivity (Wildman–Crippen MR) is 79.6 cm³/mol. The highest BCUT2D eigenvalue weighted by Crippen LogP contribution is 2.36. The molecule has 3 aromatic rings. The van der Waals surface area contributed by atoms with Crippen molar-refractivity contribution in [2.75, 3.05) is 0 Å². The molecule has 0 saturated heterocycles. The zero-order valence-electron chi connectivity index (χ0n) is 12.0. The average Bonchev–Trinajstić information content (AvgIpc) is 2.99. The lowest BCUT2D eigenvalue weighted by molar-refractivity contribution is 0.103. The van der Waals surface area contributed by atoms with Crippen LogP contribution >= 0.6 is 0 Å². The molecule has 1 aromatic heterocycles. The zero-order chi connectivity index (χ0) is 16.2. The van der Waals surface area contributed by atoms with Gasteiger partial charge in [0.05, 0.1) is 9.79 Å². The molecule has 1 aliphatic heterocycles. The van der Waals surface area contributed by atoms with Crippen LogP contribution in [0.4, 0.5) is 0 Å². The first-order valence-electron chi connectivity index (χ1n) is 6.76. The second-order valence-corrected chi connectivity index (χ2v) is 7.05. The molecule has 0 bridgehead atoms. The van der Waals surface area contributed by atoms with E-state index in [0.29, 0.717) is 11.4 Å². The second-order valence-electron chi connectivity index (χ2n) is 5.17. The minimum absolute atomic E-state index is 0.0123. The zero-order valence-corrected chi connectivity index (χ0v) is 12.8. The molecule has 4 rings (SSSR count). The number of aryl methyl sites for hydroxylation is 1. The number of sulfone groups is 1. The molecule has 0 aliphatic carbocycles. The third kappa shape index (κ3) is 1.85. The van der Waals surface area contributed by atoms with Crippen molar-refractivity contribution in [2.24, 2.45) is 7.05 Å². The van der Waals surface area contributed by atoms with E-state index in [9.17, 15) is 13.2 Å². The van der Waals surface area contributed by atoms with Crippen LogP contribution in [0.25, 0.3) is 11.4 Å². The molecule has 0 saturated carbocycles. The molecule has 114 valence electrons. The SMILES string of the molecule is Cn1nnnc1-c1ccc2c(c1)S(=O)(=O)c1ccccc1C2=O. The lowest BCUT2D eigenvalue weighted by Crippen LogP contribution is -2.20. The van der Waals surface area contributed by atoms with Crippen LogP contribution in [0.3, 0.4) is 0 Å². The van der Waals surface area contributed by atoms with Gasteiger partial charge in [-0.15, -0.1) is 5.10 Å². The highest BCUT2D eigenvalue weighted by molar-refractivity contribution is 7.91. The van der Waals surface area contributed by atoms with Crippen molar-refractivity contribution in [3.05, 3.63) is 53.6 Å². The van der Waals surface area contributed by atoms with Gasteiger partial charge in [0.15, 0.2) is 11.6 Å². The first-order valence-corrected chi connectivity index (χ1v) is 8.24. The van der Waals surface area contributed by atoms with Crippen molar-refractivity contribution < 1.29 is 13.2 Å². The van der Waals surface area contributed by atoms with Crippen molar-refractivity contribution >= 4 is 15.6 Å². The Hall–Kier alpha value is -2.87. The summed E-state index contributed by atoms with van der Waals surface area (Å²) in [6.45, 7) is 0. The van der Waals surface area contributed by atoms with Crippen LogP contribution < -0.4 is 0 Å². The molecule has 0 radical (unpaired) electrons. The van der Waals surface area contributed by atoms with Gasteiger partial charge in [-0.3, -0.25) is 4.79 Å². The number of nitrogens with zero attached hydrogens (tertiary/aromatic N) is 4. The molecule has 0 fully saturated rings. The molecule has 23 heavy (non-hydrogen) atoms. The quantitative estimate of drug-likeness (QED) is 0.522. The second kappa shape index (κ2) is 4.56. The first-order chi connectivity index (χ1) is 11.0. The van der Waals surface area contributed by atoms with Crippen LogP contribution in [0, 0.1) is 0 Å². The number of hydrogen-bond acceptors (Lipinski definition) is 6. The lowest BCUT2D eigenvalue weighted by Gasteiger charge is -2.19. The van der Waals surface area contributed by atoms with Gasteiger partial charge < -0.3 is 0 Å². The Morgan fingerprint density at radius 3 is 2.48 bits per heavy atom. The van der Waals surface area contributed by atoms with E-state index in [2.05, 4.69) is 15.5 Å². The molecule has 0 N–H and O–H groups in total. The smallest absolute Gasteiger partial charge is 0.208 e. The summed E-state index contributed by atoms with van der Waals surface area (Å²) in [5, 5.41) is 11.1. The highest BCUT2D eigenvalue weighted by Gasteiger charge is 2.34. The van der Waals surface area contributed by atoms with E-state index < -0.39 is 9.84 Å². The Morgan fingerprint density at radius 1 is 1.00 bits per heavy atom. The maximum absolute atomic E-state index is 12.8. The van der Waals surface area contributed by atoms with E-state index in [1.165, 1.54) is 28.9 Å². The average molecular weight is 326 g/mol. The van der Waals surface area contributed by atoms with E-state index >= 15 is 0 Å². The van der Waals surface area contributed by atoms with Crippen LogP contribution in [0.15, 0.2) is 52.3 Å². The van der Waals surface area contributed by atoms with Crippen LogP contribution in [0.2, 0.25) is 0 Å². The van der Waals surface area contributed by atoms with Crippen molar-refractivity contribution in [1.82, 2.24) is 20.2 Å². The lowest BCUT2D eigenvalue weighted by atomic mass is 10.0. The predicted octanol–water partition coefficient (Wildman–Crippen LogP) is 1.25. The minimum Gasteiger partial charge on any atom is -0.289 e. The van der Waals surface area contributed by atoms with Gasteiger partial charge in [0.1, 0.15) is 0 Å². The third-order valence-corrected chi connectivity index (χ3v) is 5.67. The third-order valence-electron chi connectivity index (χ3n) is 3.82. The van der Waals surface area contributed by atoms with Crippen LogP contribution in [0.1, 0.15) is 15.9 Å². The van der Waals surface area contributed by atoms with E-state index in [1.54, 1.807) is 25.2 Å². The van der Waals surface area contributed by atoms with Gasteiger partial charge in [-0.2, -0.15) is 0 Å². The normalized spacial score (nSPS) is 15.1. The molecular weight excluding hydrogens is 316 g/mol. The summed E-state index contributed by atoms with van der Waals surface area (Å²) in [5.74, 6) is 0.127. The van der Waals surface area contributed by atoms with Crippen molar-refractivity contribution in [2.45, 2.75) is 9.79 Å². The Labute approximate surface area is 131 Å². The summed E-state index contributed by atoms with van der Waals surface area (Å²) in [7, 11) is -2.10. The fourth-order valence-electron chi connectivity index (χ4n) is 2.70. The largest absolute Gasteiger partial charge is 0.289 e. The number of hydrogen-bond donors (Lipinski definition) is 0. The monoisotopic (exact) mass is 326 g/mol. The molecule has 1 aliphatic rings. The number of benzene rings is 2. The highest BCUT2D eigenvalue weighted by atomic mass is 32.2. The van der Waals surface area contributed by atoms with Crippen molar-refractivity contribution in [1.29, 1.82) is 0 Å². The number of rotatable bonds is 1. The van der Waals surface area contributed by atoms with Crippen LogP contribution in [-0.4, -0.2) is 34.4 Å². The van der Waals surface area contributed by atoms with Gasteiger partial charge in [0.25, 0.3) is 0 Å². The fourth-order valence-corrected chi connectivity index (χ4v) is 4.37. The molecule has 7 nitrogen and oxygen atoms in total. The Morgan fingerprint density at radius 2 is 1.74 bits per heavy atom. The minimum atomic E-state index is -3.76. The number of ketones is 1. The molecule has 8 heteroatoms. The van der Waals surface area contributed by atoms with Gasteiger partial charge in [-0.25, -0.2) is 13.1 Å². The first kappa shape index (κ1) is 13.8. The number of tetrazole rings is 1. The Bertz CT molecular complexity index is 1070.